The third-order valence-electron chi connectivity index (χ3n) is 13.0. The Morgan fingerprint density at radius 1 is 0.228 bits per heavy atom. The van der Waals surface area contributed by atoms with Crippen molar-refractivity contribution in [1.82, 2.24) is 0 Å². The van der Waals surface area contributed by atoms with Gasteiger partial charge in [0.25, 0.3) is 0 Å². The zero-order valence-electron chi connectivity index (χ0n) is 40.1. The molecule has 2 nitrogen and oxygen atoms in total. The Labute approximate surface area is 362 Å². The van der Waals surface area contributed by atoms with Crippen LogP contribution in [0.25, 0.3) is 0 Å². The first-order chi connectivity index (χ1) is 28.3. The molecule has 0 aromatic rings. The molecular weight excluding hydrogens is 693 g/mol. The topological polar surface area (TPSA) is 26.3 Å². The van der Waals surface area contributed by atoms with Crippen molar-refractivity contribution in [2.45, 2.75) is 341 Å². The number of hydrogen-bond donors (Lipinski definition) is 0. The zero-order chi connectivity index (χ0) is 41.1. The fourth-order valence-corrected chi connectivity index (χ4v) is 8.91. The van der Waals surface area contributed by atoms with E-state index in [1.54, 1.807) is 0 Å². The molecular formula is C55H110O2. The van der Waals surface area contributed by atoms with Crippen molar-refractivity contribution in [2.24, 2.45) is 0 Å². The number of carbonyl (C=O) groups is 1. The summed E-state index contributed by atoms with van der Waals surface area (Å²) in [5.74, 6) is 0.0355. The summed E-state index contributed by atoms with van der Waals surface area (Å²) >= 11 is 0. The maximum Gasteiger partial charge on any atom is 0.305 e. The van der Waals surface area contributed by atoms with Crippen molar-refractivity contribution in [3.05, 3.63) is 0 Å². The number of rotatable bonds is 52. The van der Waals surface area contributed by atoms with E-state index >= 15 is 0 Å². The Balaban J connectivity index is 3.14. The van der Waals surface area contributed by atoms with Crippen LogP contribution in [0.3, 0.4) is 0 Å². The molecule has 0 aromatic heterocycles. The highest BCUT2D eigenvalue weighted by molar-refractivity contribution is 5.69. The molecule has 0 unspecified atom stereocenters. The lowest BCUT2D eigenvalue weighted by molar-refractivity contribution is -0.143. The van der Waals surface area contributed by atoms with E-state index in [0.29, 0.717) is 13.0 Å². The summed E-state index contributed by atoms with van der Waals surface area (Å²) in [6.45, 7) is 5.25. The molecule has 0 aromatic carbocycles. The summed E-state index contributed by atoms with van der Waals surface area (Å²) < 4.78 is 5.51. The van der Waals surface area contributed by atoms with Gasteiger partial charge in [0.2, 0.25) is 0 Å². The molecule has 0 aliphatic carbocycles. The lowest BCUT2D eigenvalue weighted by atomic mass is 10.0. The van der Waals surface area contributed by atoms with Gasteiger partial charge in [-0.2, -0.15) is 0 Å². The summed E-state index contributed by atoms with van der Waals surface area (Å²) in [4.78, 5) is 12.1. The Morgan fingerprint density at radius 2 is 0.386 bits per heavy atom. The van der Waals surface area contributed by atoms with Crippen molar-refractivity contribution in [1.29, 1.82) is 0 Å². The van der Waals surface area contributed by atoms with Gasteiger partial charge in [0.15, 0.2) is 0 Å². The number of ether oxygens (including phenoxy) is 1. The Kier molecular flexibility index (Phi) is 53.0. The largest absolute Gasteiger partial charge is 0.466 e. The second-order valence-corrected chi connectivity index (χ2v) is 18.9. The van der Waals surface area contributed by atoms with E-state index < -0.39 is 0 Å². The molecule has 0 aliphatic heterocycles. The molecule has 0 amide bonds. The zero-order valence-corrected chi connectivity index (χ0v) is 40.1. The maximum absolute atomic E-state index is 12.1. The van der Waals surface area contributed by atoms with E-state index in [-0.39, 0.29) is 5.97 Å². The predicted octanol–water partition coefficient (Wildman–Crippen LogP) is 20.5. The van der Waals surface area contributed by atoms with Crippen LogP contribution in [0.1, 0.15) is 341 Å². The van der Waals surface area contributed by atoms with Crippen LogP contribution < -0.4 is 0 Å². The van der Waals surface area contributed by atoms with Gasteiger partial charge in [0.1, 0.15) is 0 Å². The minimum Gasteiger partial charge on any atom is -0.466 e. The SMILES string of the molecule is CCCCCCCCCCCCCCCCCCCCCCCCCCCCOC(=O)CCCCCCCCCCCCCCCCCCCCCCCCCC. The number of carbonyl (C=O) groups excluding carboxylic acids is 1. The van der Waals surface area contributed by atoms with E-state index in [4.69, 9.17) is 4.74 Å². The van der Waals surface area contributed by atoms with Gasteiger partial charge >= 0.3 is 5.97 Å². The van der Waals surface area contributed by atoms with E-state index in [1.165, 1.54) is 308 Å². The van der Waals surface area contributed by atoms with Gasteiger partial charge in [0, 0.05) is 6.42 Å². The fraction of sp³-hybridized carbons (Fsp3) is 0.982. The normalized spacial score (nSPS) is 11.5. The van der Waals surface area contributed by atoms with Crippen LogP contribution in [0.5, 0.6) is 0 Å². The third kappa shape index (κ3) is 53.5. The highest BCUT2D eigenvalue weighted by Crippen LogP contribution is 2.18. The molecule has 342 valence electrons. The van der Waals surface area contributed by atoms with Crippen molar-refractivity contribution in [2.75, 3.05) is 6.61 Å². The summed E-state index contributed by atoms with van der Waals surface area (Å²) in [6.07, 6.45) is 71.3. The van der Waals surface area contributed by atoms with Crippen LogP contribution in [0.2, 0.25) is 0 Å². The Bertz CT molecular complexity index is 703. The summed E-state index contributed by atoms with van der Waals surface area (Å²) in [5, 5.41) is 0. The van der Waals surface area contributed by atoms with Crippen LogP contribution in [-0.4, -0.2) is 12.6 Å². The van der Waals surface area contributed by atoms with Crippen LogP contribution in [0.4, 0.5) is 0 Å². The summed E-state index contributed by atoms with van der Waals surface area (Å²) in [7, 11) is 0. The second-order valence-electron chi connectivity index (χ2n) is 18.9. The maximum atomic E-state index is 12.1. The average Bonchev–Trinajstić information content (AvgIpc) is 3.22. The minimum absolute atomic E-state index is 0.0355. The van der Waals surface area contributed by atoms with Gasteiger partial charge in [-0.25, -0.2) is 0 Å². The smallest absolute Gasteiger partial charge is 0.305 e. The molecule has 0 fully saturated rings. The van der Waals surface area contributed by atoms with Crippen LogP contribution >= 0.6 is 0 Å². The molecule has 57 heavy (non-hydrogen) atoms. The van der Waals surface area contributed by atoms with Gasteiger partial charge in [0.05, 0.1) is 6.61 Å². The van der Waals surface area contributed by atoms with Gasteiger partial charge in [-0.15, -0.1) is 0 Å². The number of unbranched alkanes of at least 4 members (excludes halogenated alkanes) is 48. The molecule has 0 rings (SSSR count). The Morgan fingerprint density at radius 3 is 0.579 bits per heavy atom. The van der Waals surface area contributed by atoms with E-state index in [1.807, 2.05) is 0 Å². The minimum atomic E-state index is 0.0355. The highest BCUT2D eigenvalue weighted by atomic mass is 16.5. The molecule has 0 saturated carbocycles. The Hall–Kier alpha value is -0.530. The average molecular weight is 803 g/mol. The molecule has 0 N–H and O–H groups in total. The molecule has 0 aliphatic rings. The van der Waals surface area contributed by atoms with Crippen molar-refractivity contribution in [3.63, 3.8) is 0 Å². The van der Waals surface area contributed by atoms with Crippen molar-refractivity contribution >= 4 is 5.97 Å². The molecule has 2 heteroatoms. The standard InChI is InChI=1S/C55H110O2/c1-3-5-7-9-11-13-15-17-19-21-23-25-27-29-30-32-34-36-38-40-42-44-46-48-50-52-54-57-55(56)53-51-49-47-45-43-41-39-37-35-33-31-28-26-24-22-20-18-16-14-12-10-8-6-4-2/h3-54H2,1-2H3. The van der Waals surface area contributed by atoms with E-state index in [0.717, 1.165) is 12.8 Å². The quantitative estimate of drug-likeness (QED) is 0.0452. The van der Waals surface area contributed by atoms with E-state index in [9.17, 15) is 4.79 Å². The van der Waals surface area contributed by atoms with Crippen LogP contribution in [-0.2, 0) is 9.53 Å². The number of esters is 1. The first-order valence-electron chi connectivity index (χ1n) is 27.5. The van der Waals surface area contributed by atoms with E-state index in [2.05, 4.69) is 13.8 Å². The monoisotopic (exact) mass is 803 g/mol. The molecule has 0 atom stereocenters. The summed E-state index contributed by atoms with van der Waals surface area (Å²) in [6, 6.07) is 0. The van der Waals surface area contributed by atoms with Gasteiger partial charge < -0.3 is 4.74 Å². The second kappa shape index (κ2) is 53.5. The van der Waals surface area contributed by atoms with Crippen molar-refractivity contribution in [3.8, 4) is 0 Å². The predicted molar refractivity (Wildman–Crippen MR) is 258 cm³/mol. The molecule has 0 bridgehead atoms. The van der Waals surface area contributed by atoms with Crippen LogP contribution in [0, 0.1) is 0 Å². The first-order valence-corrected chi connectivity index (χ1v) is 27.5. The fourth-order valence-electron chi connectivity index (χ4n) is 8.91. The summed E-state index contributed by atoms with van der Waals surface area (Å²) in [5.41, 5.74) is 0. The first kappa shape index (κ1) is 56.5. The van der Waals surface area contributed by atoms with Crippen molar-refractivity contribution < 1.29 is 9.53 Å². The van der Waals surface area contributed by atoms with Crippen LogP contribution in [0.15, 0.2) is 0 Å². The van der Waals surface area contributed by atoms with Gasteiger partial charge in [-0.3, -0.25) is 4.79 Å². The molecule has 0 spiro atoms. The number of hydrogen-bond acceptors (Lipinski definition) is 2. The highest BCUT2D eigenvalue weighted by Gasteiger charge is 2.03. The third-order valence-corrected chi connectivity index (χ3v) is 13.0. The van der Waals surface area contributed by atoms with Gasteiger partial charge in [-0.1, -0.05) is 322 Å². The molecule has 0 heterocycles. The lowest BCUT2D eigenvalue weighted by Crippen LogP contribution is -2.05. The molecule has 0 radical (unpaired) electrons. The lowest BCUT2D eigenvalue weighted by Gasteiger charge is -2.06. The molecule has 0 saturated heterocycles. The van der Waals surface area contributed by atoms with Gasteiger partial charge in [-0.05, 0) is 12.8 Å².